The van der Waals surface area contributed by atoms with E-state index in [1.807, 2.05) is 20.8 Å². The maximum absolute atomic E-state index is 12.1. The quantitative estimate of drug-likeness (QED) is 0.729. The molecule has 0 aliphatic carbocycles. The monoisotopic (exact) mass is 300 g/mol. The highest BCUT2D eigenvalue weighted by molar-refractivity contribution is 5.69. The van der Waals surface area contributed by atoms with Gasteiger partial charge in [-0.15, -0.1) is 0 Å². The van der Waals surface area contributed by atoms with Gasteiger partial charge in [-0.1, -0.05) is 0 Å². The zero-order valence-electron chi connectivity index (χ0n) is 13.3. The zero-order valence-corrected chi connectivity index (χ0v) is 13.3. The van der Waals surface area contributed by atoms with Gasteiger partial charge in [0.1, 0.15) is 5.60 Å². The van der Waals surface area contributed by atoms with Gasteiger partial charge in [0.15, 0.2) is 0 Å². The van der Waals surface area contributed by atoms with Crippen molar-refractivity contribution in [2.24, 2.45) is 0 Å². The number of rotatable bonds is 3. The molecule has 0 spiro atoms. The number of carbonyl (C=O) groups is 1. The molecule has 2 rings (SSSR count). The second-order valence-corrected chi connectivity index (χ2v) is 7.36. The minimum absolute atomic E-state index is 0.433. The van der Waals surface area contributed by atoms with Crippen LogP contribution < -0.4 is 10.6 Å². The first-order chi connectivity index (χ1) is 9.72. The summed E-state index contributed by atoms with van der Waals surface area (Å²) < 4.78 is 10.8. The lowest BCUT2D eigenvalue weighted by atomic mass is 9.78. The summed E-state index contributed by atoms with van der Waals surface area (Å²) in [6, 6.07) is 0. The standard InChI is InChI=1S/C15H28N2O4/c1-13(2,3)21-12(18)17-14(6-9-20-11-14)10-15(19)4-7-16-8-5-15/h16,19H,4-11H2,1-3H3,(H,17,18). The molecular formula is C15H28N2O4. The smallest absolute Gasteiger partial charge is 0.408 e. The average Bonchev–Trinajstić information content (AvgIpc) is 2.74. The predicted molar refractivity (Wildman–Crippen MR) is 79.2 cm³/mol. The minimum atomic E-state index is -0.742. The van der Waals surface area contributed by atoms with Crippen LogP contribution >= 0.6 is 0 Å². The fourth-order valence-electron chi connectivity index (χ4n) is 3.11. The van der Waals surface area contributed by atoms with Gasteiger partial charge >= 0.3 is 6.09 Å². The number of piperidine rings is 1. The van der Waals surface area contributed by atoms with E-state index in [-0.39, 0.29) is 0 Å². The van der Waals surface area contributed by atoms with Gasteiger partial charge in [0.05, 0.1) is 17.7 Å². The number of amides is 1. The highest BCUT2D eigenvalue weighted by Gasteiger charge is 2.45. The van der Waals surface area contributed by atoms with Crippen molar-refractivity contribution in [3.05, 3.63) is 0 Å². The fourth-order valence-corrected chi connectivity index (χ4v) is 3.11. The molecule has 6 nitrogen and oxygen atoms in total. The van der Waals surface area contributed by atoms with Gasteiger partial charge < -0.3 is 25.2 Å². The average molecular weight is 300 g/mol. The Balaban J connectivity index is 2.01. The van der Waals surface area contributed by atoms with E-state index < -0.39 is 22.8 Å². The molecule has 0 aromatic rings. The van der Waals surface area contributed by atoms with Crippen LogP contribution in [0.5, 0.6) is 0 Å². The molecule has 2 fully saturated rings. The van der Waals surface area contributed by atoms with Gasteiger partial charge in [-0.25, -0.2) is 4.79 Å². The lowest BCUT2D eigenvalue weighted by molar-refractivity contribution is -0.0268. The van der Waals surface area contributed by atoms with Gasteiger partial charge in [0, 0.05) is 13.0 Å². The van der Waals surface area contributed by atoms with Crippen LogP contribution in [-0.4, -0.2) is 54.2 Å². The number of alkyl carbamates (subject to hydrolysis) is 1. The van der Waals surface area contributed by atoms with Crippen LogP contribution in [0, 0.1) is 0 Å². The third-order valence-corrected chi connectivity index (χ3v) is 4.07. The van der Waals surface area contributed by atoms with Crippen LogP contribution in [0.25, 0.3) is 0 Å². The van der Waals surface area contributed by atoms with Crippen molar-refractivity contribution in [1.82, 2.24) is 10.6 Å². The Hall–Kier alpha value is -0.850. The SMILES string of the molecule is CC(C)(C)OC(=O)NC1(CC2(O)CCNCC2)CCOC1. The van der Waals surface area contributed by atoms with Crippen LogP contribution in [0.2, 0.25) is 0 Å². The molecular weight excluding hydrogens is 272 g/mol. The molecule has 2 heterocycles. The predicted octanol–water partition coefficient (Wildman–Crippen LogP) is 1.17. The number of nitrogens with one attached hydrogen (secondary N) is 2. The minimum Gasteiger partial charge on any atom is -0.444 e. The molecule has 0 aromatic heterocycles. The van der Waals surface area contributed by atoms with Crippen molar-refractivity contribution in [2.75, 3.05) is 26.3 Å². The van der Waals surface area contributed by atoms with Gasteiger partial charge in [0.2, 0.25) is 0 Å². The van der Waals surface area contributed by atoms with Gasteiger partial charge in [-0.3, -0.25) is 0 Å². The number of hydrogen-bond donors (Lipinski definition) is 3. The second kappa shape index (κ2) is 6.10. The molecule has 122 valence electrons. The Kier molecular flexibility index (Phi) is 4.80. The summed E-state index contributed by atoms with van der Waals surface area (Å²) >= 11 is 0. The highest BCUT2D eigenvalue weighted by Crippen LogP contribution is 2.33. The first-order valence-electron chi connectivity index (χ1n) is 7.74. The summed E-state index contributed by atoms with van der Waals surface area (Å²) in [5, 5.41) is 17.0. The van der Waals surface area contributed by atoms with Crippen LogP contribution in [0.15, 0.2) is 0 Å². The second-order valence-electron chi connectivity index (χ2n) is 7.36. The molecule has 0 aromatic carbocycles. The Bertz CT molecular complexity index is 366. The van der Waals surface area contributed by atoms with Gasteiger partial charge in [0.25, 0.3) is 0 Å². The Labute approximate surface area is 126 Å². The summed E-state index contributed by atoms with van der Waals surface area (Å²) in [6.07, 6.45) is 2.18. The molecule has 2 aliphatic heterocycles. The lowest BCUT2D eigenvalue weighted by Gasteiger charge is -2.40. The largest absolute Gasteiger partial charge is 0.444 e. The molecule has 2 aliphatic rings. The molecule has 0 bridgehead atoms. The summed E-state index contributed by atoms with van der Waals surface area (Å²) in [5.41, 5.74) is -1.79. The molecule has 2 saturated heterocycles. The Morgan fingerprint density at radius 2 is 2.00 bits per heavy atom. The summed E-state index contributed by atoms with van der Waals surface area (Å²) in [5.74, 6) is 0. The summed E-state index contributed by atoms with van der Waals surface area (Å²) in [7, 11) is 0. The first kappa shape index (κ1) is 16.5. The van der Waals surface area contributed by atoms with Crippen LogP contribution in [0.1, 0.15) is 46.5 Å². The van der Waals surface area contributed by atoms with Crippen molar-refractivity contribution in [3.63, 3.8) is 0 Å². The van der Waals surface area contributed by atoms with E-state index in [2.05, 4.69) is 10.6 Å². The molecule has 21 heavy (non-hydrogen) atoms. The summed E-state index contributed by atoms with van der Waals surface area (Å²) in [4.78, 5) is 12.1. The number of carbonyl (C=O) groups excluding carboxylic acids is 1. The maximum Gasteiger partial charge on any atom is 0.408 e. The molecule has 6 heteroatoms. The topological polar surface area (TPSA) is 79.8 Å². The van der Waals surface area contributed by atoms with Gasteiger partial charge in [-0.05, 0) is 53.1 Å². The Morgan fingerprint density at radius 1 is 1.33 bits per heavy atom. The third-order valence-electron chi connectivity index (χ3n) is 4.07. The van der Waals surface area contributed by atoms with E-state index in [0.29, 0.717) is 38.9 Å². The molecule has 1 atom stereocenters. The van der Waals surface area contributed by atoms with Gasteiger partial charge in [-0.2, -0.15) is 0 Å². The van der Waals surface area contributed by atoms with Crippen molar-refractivity contribution < 1.29 is 19.4 Å². The highest BCUT2D eigenvalue weighted by atomic mass is 16.6. The van der Waals surface area contributed by atoms with Crippen LogP contribution in [-0.2, 0) is 9.47 Å². The first-order valence-corrected chi connectivity index (χ1v) is 7.74. The normalized spacial score (nSPS) is 29.1. The van der Waals surface area contributed by atoms with E-state index in [4.69, 9.17) is 9.47 Å². The zero-order chi connectivity index (χ0) is 15.6. The van der Waals surface area contributed by atoms with E-state index in [1.54, 1.807) is 0 Å². The molecule has 3 N–H and O–H groups in total. The molecule has 1 unspecified atom stereocenters. The summed E-state index contributed by atoms with van der Waals surface area (Å²) in [6.45, 7) is 8.16. The van der Waals surface area contributed by atoms with Crippen molar-refractivity contribution in [3.8, 4) is 0 Å². The fraction of sp³-hybridized carbons (Fsp3) is 0.933. The number of aliphatic hydroxyl groups is 1. The van der Waals surface area contributed by atoms with E-state index in [1.165, 1.54) is 0 Å². The third kappa shape index (κ3) is 4.83. The van der Waals surface area contributed by atoms with E-state index >= 15 is 0 Å². The molecule has 0 radical (unpaired) electrons. The van der Waals surface area contributed by atoms with Crippen molar-refractivity contribution in [1.29, 1.82) is 0 Å². The molecule has 1 amide bonds. The van der Waals surface area contributed by atoms with Crippen molar-refractivity contribution >= 4 is 6.09 Å². The van der Waals surface area contributed by atoms with Crippen molar-refractivity contribution in [2.45, 2.75) is 63.2 Å². The Morgan fingerprint density at radius 3 is 2.52 bits per heavy atom. The number of ether oxygens (including phenoxy) is 2. The van der Waals surface area contributed by atoms with E-state index in [9.17, 15) is 9.90 Å². The lowest BCUT2D eigenvalue weighted by Crippen LogP contribution is -2.56. The van der Waals surface area contributed by atoms with E-state index in [0.717, 1.165) is 13.1 Å². The molecule has 0 saturated carbocycles. The van der Waals surface area contributed by atoms with Crippen LogP contribution in [0.3, 0.4) is 0 Å². The maximum atomic E-state index is 12.1. The number of hydrogen-bond acceptors (Lipinski definition) is 5. The van der Waals surface area contributed by atoms with Crippen LogP contribution in [0.4, 0.5) is 4.79 Å².